The van der Waals surface area contributed by atoms with Crippen LogP contribution in [0.4, 0.5) is 0 Å². The third-order valence-electron chi connectivity index (χ3n) is 3.75. The fourth-order valence-corrected chi connectivity index (χ4v) is 2.83. The van der Waals surface area contributed by atoms with Gasteiger partial charge in [0.05, 0.1) is 6.10 Å². The van der Waals surface area contributed by atoms with Crippen molar-refractivity contribution in [1.29, 1.82) is 0 Å². The topological polar surface area (TPSA) is 46.5 Å². The minimum absolute atomic E-state index is 0.208. The predicted octanol–water partition coefficient (Wildman–Crippen LogP) is 2.73. The molecule has 15 heavy (non-hydrogen) atoms. The van der Waals surface area contributed by atoms with Crippen molar-refractivity contribution in [2.45, 2.75) is 69.5 Å². The molecular weight excluding hydrogens is 192 g/mol. The SMILES string of the molecule is O=C(O)C1(OC2CCCC2)CCCCC1. The number of hydrogen-bond acceptors (Lipinski definition) is 2. The summed E-state index contributed by atoms with van der Waals surface area (Å²) < 4.78 is 5.90. The van der Waals surface area contributed by atoms with Gasteiger partial charge in [-0.15, -0.1) is 0 Å². The van der Waals surface area contributed by atoms with Crippen LogP contribution in [0, 0.1) is 0 Å². The van der Waals surface area contributed by atoms with Crippen molar-refractivity contribution in [2.75, 3.05) is 0 Å². The standard InChI is InChI=1S/C12H20O3/c13-11(14)12(8-4-1-5-9-12)15-10-6-2-3-7-10/h10H,1-9H2,(H,13,14). The molecule has 3 heteroatoms. The summed E-state index contributed by atoms with van der Waals surface area (Å²) in [4.78, 5) is 11.3. The molecule has 3 nitrogen and oxygen atoms in total. The van der Waals surface area contributed by atoms with Crippen molar-refractivity contribution in [1.82, 2.24) is 0 Å². The van der Waals surface area contributed by atoms with Crippen LogP contribution < -0.4 is 0 Å². The lowest BCUT2D eigenvalue weighted by molar-refractivity contribution is -0.179. The summed E-state index contributed by atoms with van der Waals surface area (Å²) in [6, 6.07) is 0. The Kier molecular flexibility index (Phi) is 3.29. The van der Waals surface area contributed by atoms with Gasteiger partial charge in [0.15, 0.2) is 5.60 Å². The quantitative estimate of drug-likeness (QED) is 0.782. The van der Waals surface area contributed by atoms with E-state index in [2.05, 4.69) is 0 Å². The number of ether oxygens (including phenoxy) is 1. The maximum Gasteiger partial charge on any atom is 0.335 e. The highest BCUT2D eigenvalue weighted by molar-refractivity contribution is 5.77. The molecule has 0 heterocycles. The minimum Gasteiger partial charge on any atom is -0.479 e. The first-order valence-corrected chi connectivity index (χ1v) is 6.14. The number of aliphatic carboxylic acids is 1. The Morgan fingerprint density at radius 1 is 1.07 bits per heavy atom. The van der Waals surface area contributed by atoms with Crippen LogP contribution >= 0.6 is 0 Å². The van der Waals surface area contributed by atoms with Gasteiger partial charge in [0.2, 0.25) is 0 Å². The molecule has 0 radical (unpaired) electrons. The van der Waals surface area contributed by atoms with Gasteiger partial charge < -0.3 is 9.84 Å². The molecule has 0 aromatic rings. The number of carbonyl (C=O) groups is 1. The normalized spacial score (nSPS) is 26.7. The zero-order chi connectivity index (χ0) is 10.7. The lowest BCUT2D eigenvalue weighted by Crippen LogP contribution is -2.45. The van der Waals surface area contributed by atoms with Gasteiger partial charge in [-0.25, -0.2) is 4.79 Å². The summed E-state index contributed by atoms with van der Waals surface area (Å²) in [5, 5.41) is 9.32. The molecule has 2 rings (SSSR count). The van der Waals surface area contributed by atoms with E-state index < -0.39 is 11.6 Å². The average molecular weight is 212 g/mol. The number of hydrogen-bond donors (Lipinski definition) is 1. The Hall–Kier alpha value is -0.570. The fraction of sp³-hybridized carbons (Fsp3) is 0.917. The number of carboxylic acid groups (broad SMARTS) is 1. The molecule has 2 saturated carbocycles. The van der Waals surface area contributed by atoms with E-state index in [1.807, 2.05) is 0 Å². The first-order chi connectivity index (χ1) is 7.23. The third kappa shape index (κ3) is 2.33. The van der Waals surface area contributed by atoms with Crippen LogP contribution in [0.25, 0.3) is 0 Å². The van der Waals surface area contributed by atoms with Crippen LogP contribution in [0.15, 0.2) is 0 Å². The van der Waals surface area contributed by atoms with E-state index in [1.54, 1.807) is 0 Å². The molecule has 0 saturated heterocycles. The first kappa shape index (κ1) is 10.9. The van der Waals surface area contributed by atoms with E-state index >= 15 is 0 Å². The van der Waals surface area contributed by atoms with Crippen LogP contribution in [-0.2, 0) is 9.53 Å². The summed E-state index contributed by atoms with van der Waals surface area (Å²) in [5.41, 5.74) is -0.840. The van der Waals surface area contributed by atoms with Crippen molar-refractivity contribution < 1.29 is 14.6 Å². The monoisotopic (exact) mass is 212 g/mol. The van der Waals surface area contributed by atoms with Gasteiger partial charge in [0.1, 0.15) is 0 Å². The Morgan fingerprint density at radius 2 is 1.67 bits per heavy atom. The Morgan fingerprint density at radius 3 is 2.20 bits per heavy atom. The molecule has 2 aliphatic rings. The van der Waals surface area contributed by atoms with Gasteiger partial charge in [-0.1, -0.05) is 19.3 Å². The van der Waals surface area contributed by atoms with Crippen LogP contribution in [0.3, 0.4) is 0 Å². The van der Waals surface area contributed by atoms with Crippen molar-refractivity contribution >= 4 is 5.97 Å². The van der Waals surface area contributed by atoms with E-state index in [-0.39, 0.29) is 6.10 Å². The van der Waals surface area contributed by atoms with Crippen molar-refractivity contribution in [2.24, 2.45) is 0 Å². The molecule has 0 spiro atoms. The van der Waals surface area contributed by atoms with Gasteiger partial charge in [0.25, 0.3) is 0 Å². The second kappa shape index (κ2) is 4.52. The number of carboxylic acids is 1. The van der Waals surface area contributed by atoms with Gasteiger partial charge in [-0.05, 0) is 38.5 Å². The molecule has 0 atom stereocenters. The molecule has 0 bridgehead atoms. The Balaban J connectivity index is 2.00. The minimum atomic E-state index is -0.840. The van der Waals surface area contributed by atoms with Crippen molar-refractivity contribution in [3.8, 4) is 0 Å². The molecule has 0 unspecified atom stereocenters. The Labute approximate surface area is 90.8 Å². The van der Waals surface area contributed by atoms with E-state index in [1.165, 1.54) is 12.8 Å². The lowest BCUT2D eigenvalue weighted by Gasteiger charge is -2.35. The van der Waals surface area contributed by atoms with Gasteiger partial charge in [-0.3, -0.25) is 0 Å². The lowest BCUT2D eigenvalue weighted by atomic mass is 9.84. The second-order valence-electron chi connectivity index (χ2n) is 4.88. The molecule has 1 N–H and O–H groups in total. The summed E-state index contributed by atoms with van der Waals surface area (Å²) in [6.07, 6.45) is 9.27. The first-order valence-electron chi connectivity index (χ1n) is 6.14. The highest BCUT2D eigenvalue weighted by Crippen LogP contribution is 2.36. The molecule has 0 amide bonds. The van der Waals surface area contributed by atoms with E-state index in [4.69, 9.17) is 4.74 Å². The number of rotatable bonds is 3. The zero-order valence-electron chi connectivity index (χ0n) is 9.21. The smallest absolute Gasteiger partial charge is 0.335 e. The van der Waals surface area contributed by atoms with Crippen LogP contribution in [0.1, 0.15) is 57.8 Å². The summed E-state index contributed by atoms with van der Waals surface area (Å²) >= 11 is 0. The highest BCUT2D eigenvalue weighted by atomic mass is 16.5. The summed E-state index contributed by atoms with van der Waals surface area (Å²) in [5.74, 6) is -0.742. The third-order valence-corrected chi connectivity index (χ3v) is 3.75. The van der Waals surface area contributed by atoms with Crippen LogP contribution in [-0.4, -0.2) is 22.8 Å². The van der Waals surface area contributed by atoms with Gasteiger partial charge in [-0.2, -0.15) is 0 Å². The molecule has 0 aromatic carbocycles. The van der Waals surface area contributed by atoms with E-state index in [0.29, 0.717) is 12.8 Å². The maximum absolute atomic E-state index is 11.3. The zero-order valence-corrected chi connectivity index (χ0v) is 9.21. The molecular formula is C12H20O3. The molecule has 0 aromatic heterocycles. The average Bonchev–Trinajstić information content (AvgIpc) is 2.71. The van der Waals surface area contributed by atoms with Gasteiger partial charge in [0, 0.05) is 0 Å². The van der Waals surface area contributed by atoms with Gasteiger partial charge >= 0.3 is 5.97 Å². The molecule has 2 fully saturated rings. The van der Waals surface area contributed by atoms with Crippen LogP contribution in [0.2, 0.25) is 0 Å². The predicted molar refractivity (Wildman–Crippen MR) is 56.8 cm³/mol. The van der Waals surface area contributed by atoms with Crippen molar-refractivity contribution in [3.05, 3.63) is 0 Å². The summed E-state index contributed by atoms with van der Waals surface area (Å²) in [6.45, 7) is 0. The summed E-state index contributed by atoms with van der Waals surface area (Å²) in [7, 11) is 0. The molecule has 86 valence electrons. The van der Waals surface area contributed by atoms with Crippen molar-refractivity contribution in [3.63, 3.8) is 0 Å². The second-order valence-corrected chi connectivity index (χ2v) is 4.88. The van der Waals surface area contributed by atoms with E-state index in [9.17, 15) is 9.90 Å². The van der Waals surface area contributed by atoms with E-state index in [0.717, 1.165) is 32.1 Å². The maximum atomic E-state index is 11.3. The largest absolute Gasteiger partial charge is 0.479 e. The molecule has 0 aliphatic heterocycles. The Bertz CT molecular complexity index is 225. The van der Waals surface area contributed by atoms with Crippen LogP contribution in [0.5, 0.6) is 0 Å². The highest BCUT2D eigenvalue weighted by Gasteiger charge is 2.42. The molecule has 2 aliphatic carbocycles. The fourth-order valence-electron chi connectivity index (χ4n) is 2.83.